The molecule has 0 saturated heterocycles. The summed E-state index contributed by atoms with van der Waals surface area (Å²) in [4.78, 5) is 0. The molecule has 0 amide bonds. The maximum atomic E-state index is 8.93. The zero-order valence-electron chi connectivity index (χ0n) is 11.0. The fourth-order valence-electron chi connectivity index (χ4n) is 2.68. The zero-order valence-corrected chi connectivity index (χ0v) is 11.0. The standard InChI is InChI=1S/C17H16N2/c1-12-9-16(8-6-15(12)11-18)19-17-7-5-13-3-2-4-14(13)10-17/h5-10,19H,2-4H2,1H3. The van der Waals surface area contributed by atoms with Gasteiger partial charge in [-0.25, -0.2) is 0 Å². The highest BCUT2D eigenvalue weighted by atomic mass is 14.9. The molecule has 0 unspecified atom stereocenters. The lowest BCUT2D eigenvalue weighted by atomic mass is 10.1. The van der Waals surface area contributed by atoms with E-state index in [1.807, 2.05) is 25.1 Å². The van der Waals surface area contributed by atoms with Crippen LogP contribution in [0.5, 0.6) is 0 Å². The van der Waals surface area contributed by atoms with Crippen molar-refractivity contribution in [2.24, 2.45) is 0 Å². The van der Waals surface area contributed by atoms with Gasteiger partial charge in [-0.15, -0.1) is 0 Å². The van der Waals surface area contributed by atoms with Crippen molar-refractivity contribution in [3.8, 4) is 6.07 Å². The average molecular weight is 248 g/mol. The molecule has 3 rings (SSSR count). The van der Waals surface area contributed by atoms with Gasteiger partial charge in [0.05, 0.1) is 11.6 Å². The topological polar surface area (TPSA) is 35.8 Å². The lowest BCUT2D eigenvalue weighted by Crippen LogP contribution is -1.93. The number of benzene rings is 2. The number of aryl methyl sites for hydroxylation is 3. The van der Waals surface area contributed by atoms with E-state index in [1.54, 1.807) is 0 Å². The third-order valence-corrected chi connectivity index (χ3v) is 3.73. The maximum Gasteiger partial charge on any atom is 0.0994 e. The van der Waals surface area contributed by atoms with Crippen molar-refractivity contribution in [2.75, 3.05) is 5.32 Å². The minimum Gasteiger partial charge on any atom is -0.356 e. The van der Waals surface area contributed by atoms with E-state index in [1.165, 1.54) is 30.4 Å². The van der Waals surface area contributed by atoms with Crippen molar-refractivity contribution in [3.05, 3.63) is 58.7 Å². The molecular formula is C17H16N2. The van der Waals surface area contributed by atoms with Crippen LogP contribution < -0.4 is 5.32 Å². The van der Waals surface area contributed by atoms with Crippen LogP contribution in [0.4, 0.5) is 11.4 Å². The van der Waals surface area contributed by atoms with Crippen LogP contribution in [0.25, 0.3) is 0 Å². The van der Waals surface area contributed by atoms with Gasteiger partial charge in [-0.1, -0.05) is 6.07 Å². The smallest absolute Gasteiger partial charge is 0.0994 e. The van der Waals surface area contributed by atoms with E-state index in [0.29, 0.717) is 0 Å². The number of nitrogens with one attached hydrogen (secondary N) is 1. The summed E-state index contributed by atoms with van der Waals surface area (Å²) in [6.07, 6.45) is 3.68. The normalized spacial score (nSPS) is 12.8. The van der Waals surface area contributed by atoms with Gasteiger partial charge in [-0.2, -0.15) is 5.26 Å². The quantitative estimate of drug-likeness (QED) is 0.868. The lowest BCUT2D eigenvalue weighted by Gasteiger charge is -2.09. The molecule has 2 heteroatoms. The Labute approximate surface area is 113 Å². The summed E-state index contributed by atoms with van der Waals surface area (Å²) in [6, 6.07) is 14.6. The van der Waals surface area contributed by atoms with E-state index in [9.17, 15) is 0 Å². The average Bonchev–Trinajstić information content (AvgIpc) is 2.86. The van der Waals surface area contributed by atoms with Gasteiger partial charge < -0.3 is 5.32 Å². The van der Waals surface area contributed by atoms with Crippen LogP contribution in [0, 0.1) is 18.3 Å². The molecule has 0 aliphatic heterocycles. The van der Waals surface area contributed by atoms with Crippen LogP contribution in [0.3, 0.4) is 0 Å². The monoisotopic (exact) mass is 248 g/mol. The number of rotatable bonds is 2. The molecule has 2 aromatic carbocycles. The Morgan fingerprint density at radius 3 is 2.53 bits per heavy atom. The molecule has 0 saturated carbocycles. The number of nitriles is 1. The molecule has 0 heterocycles. The van der Waals surface area contributed by atoms with E-state index >= 15 is 0 Å². The number of hydrogen-bond acceptors (Lipinski definition) is 2. The molecule has 94 valence electrons. The first-order valence-electron chi connectivity index (χ1n) is 6.66. The number of anilines is 2. The second kappa shape index (κ2) is 4.78. The molecular weight excluding hydrogens is 232 g/mol. The molecule has 0 fully saturated rings. The van der Waals surface area contributed by atoms with Gasteiger partial charge in [-0.05, 0) is 73.2 Å². The van der Waals surface area contributed by atoms with Gasteiger partial charge in [0.15, 0.2) is 0 Å². The Morgan fingerprint density at radius 1 is 1.00 bits per heavy atom. The van der Waals surface area contributed by atoms with Crippen LogP contribution in [-0.4, -0.2) is 0 Å². The molecule has 2 nitrogen and oxygen atoms in total. The maximum absolute atomic E-state index is 8.93. The zero-order chi connectivity index (χ0) is 13.2. The van der Waals surface area contributed by atoms with Crippen molar-refractivity contribution in [1.29, 1.82) is 5.26 Å². The number of nitrogens with zero attached hydrogens (tertiary/aromatic N) is 1. The van der Waals surface area contributed by atoms with E-state index in [4.69, 9.17) is 5.26 Å². The summed E-state index contributed by atoms with van der Waals surface area (Å²) in [6.45, 7) is 1.96. The third kappa shape index (κ3) is 2.32. The van der Waals surface area contributed by atoms with Crippen molar-refractivity contribution in [1.82, 2.24) is 0 Å². The molecule has 1 N–H and O–H groups in total. The molecule has 2 aromatic rings. The van der Waals surface area contributed by atoms with E-state index in [-0.39, 0.29) is 0 Å². The molecule has 0 radical (unpaired) electrons. The largest absolute Gasteiger partial charge is 0.356 e. The molecule has 0 atom stereocenters. The van der Waals surface area contributed by atoms with Crippen LogP contribution in [0.15, 0.2) is 36.4 Å². The first-order valence-corrected chi connectivity index (χ1v) is 6.66. The summed E-state index contributed by atoms with van der Waals surface area (Å²) in [5, 5.41) is 12.4. The summed E-state index contributed by atoms with van der Waals surface area (Å²) in [5.74, 6) is 0. The first-order chi connectivity index (χ1) is 9.26. The van der Waals surface area contributed by atoms with Crippen molar-refractivity contribution >= 4 is 11.4 Å². The highest BCUT2D eigenvalue weighted by Crippen LogP contribution is 2.27. The van der Waals surface area contributed by atoms with E-state index in [2.05, 4.69) is 29.6 Å². The Bertz CT molecular complexity index is 656. The Kier molecular flexibility index (Phi) is 2.97. The summed E-state index contributed by atoms with van der Waals surface area (Å²) in [7, 11) is 0. The SMILES string of the molecule is Cc1cc(Nc2ccc3c(c2)CCC3)ccc1C#N. The number of fused-ring (bicyclic) bond motifs is 1. The Morgan fingerprint density at radius 2 is 1.74 bits per heavy atom. The van der Waals surface area contributed by atoms with Gasteiger partial charge in [-0.3, -0.25) is 0 Å². The van der Waals surface area contributed by atoms with Crippen LogP contribution in [0.1, 0.15) is 28.7 Å². The van der Waals surface area contributed by atoms with Gasteiger partial charge in [0, 0.05) is 11.4 Å². The fraction of sp³-hybridized carbons (Fsp3) is 0.235. The van der Waals surface area contributed by atoms with Crippen molar-refractivity contribution in [3.63, 3.8) is 0 Å². The molecule has 1 aliphatic rings. The highest BCUT2D eigenvalue weighted by Gasteiger charge is 2.10. The number of hydrogen-bond donors (Lipinski definition) is 1. The summed E-state index contributed by atoms with van der Waals surface area (Å²) < 4.78 is 0. The minimum absolute atomic E-state index is 0.736. The summed E-state index contributed by atoms with van der Waals surface area (Å²) in [5.41, 5.74) is 6.87. The van der Waals surface area contributed by atoms with Gasteiger partial charge in [0.2, 0.25) is 0 Å². The molecule has 19 heavy (non-hydrogen) atoms. The van der Waals surface area contributed by atoms with Gasteiger partial charge >= 0.3 is 0 Å². The molecule has 0 bridgehead atoms. The minimum atomic E-state index is 0.736. The van der Waals surface area contributed by atoms with Gasteiger partial charge in [0.1, 0.15) is 0 Å². The first kappa shape index (κ1) is 11.8. The molecule has 0 spiro atoms. The van der Waals surface area contributed by atoms with Crippen LogP contribution in [0.2, 0.25) is 0 Å². The predicted octanol–water partition coefficient (Wildman–Crippen LogP) is 4.10. The Balaban J connectivity index is 1.85. The summed E-state index contributed by atoms with van der Waals surface area (Å²) >= 11 is 0. The van der Waals surface area contributed by atoms with E-state index < -0.39 is 0 Å². The third-order valence-electron chi connectivity index (χ3n) is 3.73. The van der Waals surface area contributed by atoms with E-state index in [0.717, 1.165) is 22.5 Å². The van der Waals surface area contributed by atoms with Crippen molar-refractivity contribution < 1.29 is 0 Å². The fourth-order valence-corrected chi connectivity index (χ4v) is 2.68. The molecule has 1 aliphatic carbocycles. The molecule has 0 aromatic heterocycles. The lowest BCUT2D eigenvalue weighted by molar-refractivity contribution is 0.912. The van der Waals surface area contributed by atoms with Crippen LogP contribution >= 0.6 is 0 Å². The van der Waals surface area contributed by atoms with Crippen LogP contribution in [-0.2, 0) is 12.8 Å². The Hall–Kier alpha value is -2.27. The second-order valence-electron chi connectivity index (χ2n) is 5.10. The van der Waals surface area contributed by atoms with Gasteiger partial charge in [0.25, 0.3) is 0 Å². The highest BCUT2D eigenvalue weighted by molar-refractivity contribution is 5.63. The van der Waals surface area contributed by atoms with Crippen molar-refractivity contribution in [2.45, 2.75) is 26.2 Å². The second-order valence-corrected chi connectivity index (χ2v) is 5.10. The predicted molar refractivity (Wildman–Crippen MR) is 77.6 cm³/mol.